The van der Waals surface area contributed by atoms with Crippen LogP contribution in [0.3, 0.4) is 0 Å². The molecule has 0 atom stereocenters. The summed E-state index contributed by atoms with van der Waals surface area (Å²) in [6.45, 7) is 4.91. The van der Waals surface area contributed by atoms with Crippen LogP contribution in [-0.4, -0.2) is 29.6 Å². The van der Waals surface area contributed by atoms with E-state index in [9.17, 15) is 9.59 Å². The summed E-state index contributed by atoms with van der Waals surface area (Å²) < 4.78 is 0. The lowest BCUT2D eigenvalue weighted by molar-refractivity contribution is -0.127. The normalized spacial score (nSPS) is 15.5. The molecule has 0 unspecified atom stereocenters. The Labute approximate surface area is 168 Å². The Balaban J connectivity index is 0.00000364. The van der Waals surface area contributed by atoms with Crippen molar-refractivity contribution in [3.8, 4) is 0 Å². The third-order valence-electron chi connectivity index (χ3n) is 5.55. The number of urea groups is 1. The summed E-state index contributed by atoms with van der Waals surface area (Å²) in [7, 11) is 0. The molecule has 0 aliphatic heterocycles. The van der Waals surface area contributed by atoms with E-state index in [0.717, 1.165) is 31.2 Å². The molecular formula is C20H33ClN4O2. The molecule has 2 rings (SSSR count). The van der Waals surface area contributed by atoms with Crippen molar-refractivity contribution in [2.45, 2.75) is 70.0 Å². The van der Waals surface area contributed by atoms with Crippen molar-refractivity contribution in [2.75, 3.05) is 6.54 Å². The van der Waals surface area contributed by atoms with Gasteiger partial charge < -0.3 is 21.7 Å². The topological polar surface area (TPSA) is 96.2 Å². The van der Waals surface area contributed by atoms with Crippen molar-refractivity contribution in [3.63, 3.8) is 0 Å². The molecule has 1 aromatic carbocycles. The number of amides is 3. The van der Waals surface area contributed by atoms with Gasteiger partial charge in [-0.2, -0.15) is 0 Å². The van der Waals surface area contributed by atoms with Gasteiger partial charge in [-0.05, 0) is 31.2 Å². The van der Waals surface area contributed by atoms with Crippen molar-refractivity contribution in [3.05, 3.63) is 35.9 Å². The SMILES string of the molecule is CCC(N)(CC)CNC(=O)C1(NC(=O)NCc2ccccc2)CCCC1.Cl. The smallest absolute Gasteiger partial charge is 0.315 e. The standard InChI is InChI=1S/C20H32N4O2.ClH/c1-3-19(21,4-2)15-23-17(25)20(12-8-9-13-20)24-18(26)22-14-16-10-6-5-7-11-16;/h5-7,10-11H,3-4,8-9,12-15,21H2,1-2H3,(H,23,25)(H2,22,24,26);1H. The average molecular weight is 397 g/mol. The fraction of sp³-hybridized carbons (Fsp3) is 0.600. The Morgan fingerprint density at radius 1 is 1.07 bits per heavy atom. The van der Waals surface area contributed by atoms with Crippen molar-refractivity contribution in [1.82, 2.24) is 16.0 Å². The van der Waals surface area contributed by atoms with Crippen LogP contribution < -0.4 is 21.7 Å². The molecule has 152 valence electrons. The molecule has 7 heteroatoms. The van der Waals surface area contributed by atoms with Gasteiger partial charge in [0.25, 0.3) is 0 Å². The van der Waals surface area contributed by atoms with Gasteiger partial charge in [0, 0.05) is 18.6 Å². The Kier molecular flexibility index (Phi) is 9.06. The highest BCUT2D eigenvalue weighted by atomic mass is 35.5. The third-order valence-corrected chi connectivity index (χ3v) is 5.55. The monoisotopic (exact) mass is 396 g/mol. The van der Waals surface area contributed by atoms with Gasteiger partial charge in [0.05, 0.1) is 0 Å². The molecule has 0 aromatic heterocycles. The number of carbonyl (C=O) groups excluding carboxylic acids is 2. The molecule has 0 spiro atoms. The van der Waals surface area contributed by atoms with E-state index >= 15 is 0 Å². The quantitative estimate of drug-likeness (QED) is 0.544. The minimum absolute atomic E-state index is 0. The first kappa shape index (κ1) is 23.2. The fourth-order valence-electron chi connectivity index (χ4n) is 3.35. The van der Waals surface area contributed by atoms with Crippen LogP contribution in [-0.2, 0) is 11.3 Å². The van der Waals surface area contributed by atoms with E-state index in [2.05, 4.69) is 16.0 Å². The van der Waals surface area contributed by atoms with Crippen LogP contribution in [0.25, 0.3) is 0 Å². The molecule has 1 aliphatic carbocycles. The summed E-state index contributed by atoms with van der Waals surface area (Å²) in [4.78, 5) is 25.2. The lowest BCUT2D eigenvalue weighted by atomic mass is 9.92. The van der Waals surface area contributed by atoms with Crippen molar-refractivity contribution in [2.24, 2.45) is 5.73 Å². The molecule has 0 saturated heterocycles. The maximum Gasteiger partial charge on any atom is 0.315 e. The van der Waals surface area contributed by atoms with Crippen LogP contribution in [0.1, 0.15) is 57.9 Å². The van der Waals surface area contributed by atoms with E-state index in [0.29, 0.717) is 25.9 Å². The summed E-state index contributed by atoms with van der Waals surface area (Å²) in [6.07, 6.45) is 4.77. The molecule has 1 saturated carbocycles. The van der Waals surface area contributed by atoms with Crippen LogP contribution >= 0.6 is 12.4 Å². The second kappa shape index (κ2) is 10.5. The first-order chi connectivity index (χ1) is 12.4. The zero-order valence-corrected chi connectivity index (χ0v) is 17.2. The number of halogens is 1. The zero-order valence-electron chi connectivity index (χ0n) is 16.3. The van der Waals surface area contributed by atoms with Crippen LogP contribution in [0.4, 0.5) is 4.79 Å². The number of hydrogen-bond acceptors (Lipinski definition) is 3. The van der Waals surface area contributed by atoms with Gasteiger partial charge in [-0.3, -0.25) is 4.79 Å². The fourth-order valence-corrected chi connectivity index (χ4v) is 3.35. The van der Waals surface area contributed by atoms with E-state index in [1.54, 1.807) is 0 Å². The lowest BCUT2D eigenvalue weighted by Gasteiger charge is -2.32. The molecule has 1 aromatic rings. The highest BCUT2D eigenvalue weighted by Crippen LogP contribution is 2.30. The Morgan fingerprint density at radius 3 is 2.22 bits per heavy atom. The predicted octanol–water partition coefficient (Wildman–Crippen LogP) is 2.85. The van der Waals surface area contributed by atoms with Crippen LogP contribution in [0.2, 0.25) is 0 Å². The molecule has 0 heterocycles. The number of hydrogen-bond donors (Lipinski definition) is 4. The van der Waals surface area contributed by atoms with Gasteiger partial charge >= 0.3 is 6.03 Å². The van der Waals surface area contributed by atoms with Gasteiger partial charge in [0.15, 0.2) is 0 Å². The van der Waals surface area contributed by atoms with Gasteiger partial charge in [-0.1, -0.05) is 57.0 Å². The number of carbonyl (C=O) groups is 2. The maximum atomic E-state index is 12.8. The molecule has 1 fully saturated rings. The van der Waals surface area contributed by atoms with E-state index in [1.807, 2.05) is 44.2 Å². The third kappa shape index (κ3) is 6.40. The van der Waals surface area contributed by atoms with Crippen LogP contribution in [0.15, 0.2) is 30.3 Å². The molecule has 1 aliphatic rings. The largest absolute Gasteiger partial charge is 0.352 e. The second-order valence-corrected chi connectivity index (χ2v) is 7.33. The molecule has 6 nitrogen and oxygen atoms in total. The van der Waals surface area contributed by atoms with E-state index in [1.165, 1.54) is 0 Å². The van der Waals surface area contributed by atoms with Crippen molar-refractivity contribution >= 4 is 24.3 Å². The lowest BCUT2D eigenvalue weighted by Crippen LogP contribution is -2.61. The molecular weight excluding hydrogens is 364 g/mol. The van der Waals surface area contributed by atoms with E-state index in [4.69, 9.17) is 5.73 Å². The number of nitrogens with two attached hydrogens (primary N) is 1. The molecule has 5 N–H and O–H groups in total. The summed E-state index contributed by atoms with van der Waals surface area (Å²) in [5.74, 6) is -0.124. The predicted molar refractivity (Wildman–Crippen MR) is 111 cm³/mol. The molecule has 0 bridgehead atoms. The minimum atomic E-state index is -0.830. The van der Waals surface area contributed by atoms with E-state index in [-0.39, 0.29) is 24.3 Å². The van der Waals surface area contributed by atoms with E-state index < -0.39 is 11.1 Å². The summed E-state index contributed by atoms with van der Waals surface area (Å²) >= 11 is 0. The summed E-state index contributed by atoms with van der Waals surface area (Å²) in [5, 5.41) is 8.76. The Morgan fingerprint density at radius 2 is 1.67 bits per heavy atom. The number of rotatable bonds is 8. The Hall–Kier alpha value is -1.79. The highest BCUT2D eigenvalue weighted by Gasteiger charge is 2.42. The Bertz CT molecular complexity index is 599. The van der Waals surface area contributed by atoms with Crippen molar-refractivity contribution < 1.29 is 9.59 Å². The van der Waals surface area contributed by atoms with Crippen molar-refractivity contribution in [1.29, 1.82) is 0 Å². The summed E-state index contributed by atoms with van der Waals surface area (Å²) in [6, 6.07) is 9.40. The van der Waals surface area contributed by atoms with Gasteiger partial charge in [-0.25, -0.2) is 4.79 Å². The highest BCUT2D eigenvalue weighted by molar-refractivity contribution is 5.91. The molecule has 3 amide bonds. The second-order valence-electron chi connectivity index (χ2n) is 7.33. The van der Waals surface area contributed by atoms with Crippen LogP contribution in [0.5, 0.6) is 0 Å². The van der Waals surface area contributed by atoms with Gasteiger partial charge in [0.1, 0.15) is 5.54 Å². The number of nitrogens with one attached hydrogen (secondary N) is 3. The average Bonchev–Trinajstić information content (AvgIpc) is 3.14. The van der Waals surface area contributed by atoms with Gasteiger partial charge in [-0.15, -0.1) is 12.4 Å². The molecule has 27 heavy (non-hydrogen) atoms. The molecule has 0 radical (unpaired) electrons. The van der Waals surface area contributed by atoms with Gasteiger partial charge in [0.2, 0.25) is 5.91 Å². The first-order valence-corrected chi connectivity index (χ1v) is 9.60. The zero-order chi connectivity index (χ0) is 19.0. The maximum absolute atomic E-state index is 12.8. The minimum Gasteiger partial charge on any atom is -0.352 e. The number of benzene rings is 1. The summed E-state index contributed by atoms with van der Waals surface area (Å²) in [5.41, 5.74) is 6.08. The van der Waals surface area contributed by atoms with Crippen LogP contribution in [0, 0.1) is 0 Å². The first-order valence-electron chi connectivity index (χ1n) is 9.60.